The quantitative estimate of drug-likeness (QED) is 0.350. The van der Waals surface area contributed by atoms with Crippen LogP contribution in [0.15, 0.2) is 54.7 Å². The molecule has 0 unspecified atom stereocenters. The number of pyridine rings is 1. The normalized spacial score (nSPS) is 14.1. The second-order valence-corrected chi connectivity index (χ2v) is 8.70. The van der Waals surface area contributed by atoms with Crippen LogP contribution in [0.3, 0.4) is 0 Å². The van der Waals surface area contributed by atoms with E-state index in [0.29, 0.717) is 49.3 Å². The van der Waals surface area contributed by atoms with E-state index in [1.54, 1.807) is 30.1 Å². The minimum atomic E-state index is -0.946. The highest BCUT2D eigenvalue weighted by Crippen LogP contribution is 2.37. The number of amides is 1. The molecule has 0 bridgehead atoms. The molecule has 5 rings (SSSR count). The Morgan fingerprint density at radius 1 is 1.14 bits per heavy atom. The van der Waals surface area contributed by atoms with Gasteiger partial charge >= 0.3 is 6.09 Å². The van der Waals surface area contributed by atoms with Crippen molar-refractivity contribution in [2.24, 2.45) is 0 Å². The van der Waals surface area contributed by atoms with Gasteiger partial charge in [-0.3, -0.25) is 0 Å². The lowest BCUT2D eigenvalue weighted by atomic mass is 10.1. The fourth-order valence-corrected chi connectivity index (χ4v) is 4.26. The number of fused-ring (bicyclic) bond motifs is 1. The van der Waals surface area contributed by atoms with Crippen molar-refractivity contribution in [2.75, 3.05) is 25.9 Å². The molecule has 37 heavy (non-hydrogen) atoms. The number of nitrogen functional groups attached to an aromatic ring is 1. The zero-order valence-electron chi connectivity index (χ0n) is 20.1. The van der Waals surface area contributed by atoms with E-state index in [-0.39, 0.29) is 23.4 Å². The third kappa shape index (κ3) is 5.20. The van der Waals surface area contributed by atoms with Crippen LogP contribution in [-0.4, -0.2) is 57.2 Å². The maximum Gasteiger partial charge on any atom is 0.407 e. The maximum absolute atomic E-state index is 14.5. The Labute approximate surface area is 212 Å². The van der Waals surface area contributed by atoms with Crippen molar-refractivity contribution in [3.05, 3.63) is 66.1 Å². The van der Waals surface area contributed by atoms with E-state index in [1.165, 1.54) is 17.0 Å². The average Bonchev–Trinajstić information content (AvgIpc) is 3.24. The lowest BCUT2D eigenvalue weighted by Gasteiger charge is -2.29. The summed E-state index contributed by atoms with van der Waals surface area (Å²) in [6.45, 7) is 1.12. The summed E-state index contributed by atoms with van der Waals surface area (Å²) >= 11 is 0. The van der Waals surface area contributed by atoms with E-state index in [9.17, 15) is 14.3 Å². The minimum absolute atomic E-state index is 0.00493. The van der Waals surface area contributed by atoms with Gasteiger partial charge in [0, 0.05) is 49.9 Å². The first kappa shape index (κ1) is 24.2. The molecule has 2 aromatic carbocycles. The van der Waals surface area contributed by atoms with Crippen LogP contribution < -0.4 is 19.9 Å². The zero-order valence-corrected chi connectivity index (χ0v) is 20.1. The molecule has 11 heteroatoms. The molecule has 2 aromatic heterocycles. The van der Waals surface area contributed by atoms with Gasteiger partial charge in [0.1, 0.15) is 23.0 Å². The van der Waals surface area contributed by atoms with Gasteiger partial charge in [-0.25, -0.2) is 18.9 Å². The molecule has 1 aliphatic heterocycles. The van der Waals surface area contributed by atoms with Gasteiger partial charge in [-0.05, 0) is 29.8 Å². The molecule has 1 saturated heterocycles. The molecule has 3 N–H and O–H groups in total. The van der Waals surface area contributed by atoms with Crippen molar-refractivity contribution in [3.8, 4) is 23.1 Å². The monoisotopic (exact) mass is 507 g/mol. The Kier molecular flexibility index (Phi) is 6.67. The summed E-state index contributed by atoms with van der Waals surface area (Å²) in [4.78, 5) is 17.2. The number of hydrogen-bond acceptors (Lipinski definition) is 7. The summed E-state index contributed by atoms with van der Waals surface area (Å²) in [7, 11) is 1.61. The van der Waals surface area contributed by atoms with Gasteiger partial charge in [0.05, 0.1) is 13.7 Å². The Hall–Kier alpha value is -4.54. The predicted octanol–water partition coefficient (Wildman–Crippen LogP) is 4.52. The van der Waals surface area contributed by atoms with Gasteiger partial charge < -0.3 is 30.0 Å². The SMILES string of the molecule is COc1ccc(Cn2nc(OC3CCN(C(=O)O)CC3)c3c(Oc4ccc(N)cc4F)ccnc32)cc1. The average molecular weight is 508 g/mol. The van der Waals surface area contributed by atoms with Gasteiger partial charge in [0.2, 0.25) is 5.88 Å². The van der Waals surface area contributed by atoms with E-state index in [4.69, 9.17) is 25.0 Å². The fraction of sp³-hybridized carbons (Fsp3) is 0.269. The number of ether oxygens (including phenoxy) is 3. The summed E-state index contributed by atoms with van der Waals surface area (Å²) in [5.41, 5.74) is 7.43. The topological polar surface area (TPSA) is 125 Å². The number of anilines is 1. The highest BCUT2D eigenvalue weighted by atomic mass is 19.1. The molecule has 192 valence electrons. The molecule has 0 saturated carbocycles. The van der Waals surface area contributed by atoms with E-state index >= 15 is 0 Å². The Morgan fingerprint density at radius 2 is 1.89 bits per heavy atom. The minimum Gasteiger partial charge on any atom is -0.497 e. The zero-order chi connectivity index (χ0) is 25.9. The number of likely N-dealkylation sites (tertiary alicyclic amines) is 1. The van der Waals surface area contributed by atoms with E-state index in [1.807, 2.05) is 24.3 Å². The highest BCUT2D eigenvalue weighted by molar-refractivity contribution is 5.88. The first-order chi connectivity index (χ1) is 17.9. The number of nitrogens with zero attached hydrogens (tertiary/aromatic N) is 4. The van der Waals surface area contributed by atoms with E-state index in [0.717, 1.165) is 11.3 Å². The van der Waals surface area contributed by atoms with Crippen molar-refractivity contribution >= 4 is 22.8 Å². The lowest BCUT2D eigenvalue weighted by molar-refractivity contribution is 0.0874. The molecular formula is C26H26FN5O5. The van der Waals surface area contributed by atoms with Crippen LogP contribution in [0.1, 0.15) is 18.4 Å². The third-order valence-electron chi connectivity index (χ3n) is 6.22. The van der Waals surface area contributed by atoms with Crippen molar-refractivity contribution in [1.29, 1.82) is 0 Å². The van der Waals surface area contributed by atoms with Crippen LogP contribution in [0.5, 0.6) is 23.1 Å². The van der Waals surface area contributed by atoms with Crippen LogP contribution in [0.25, 0.3) is 11.0 Å². The number of aromatic nitrogens is 3. The van der Waals surface area contributed by atoms with Crippen LogP contribution in [0, 0.1) is 5.82 Å². The number of carboxylic acid groups (broad SMARTS) is 1. The molecular weight excluding hydrogens is 481 g/mol. The first-order valence-corrected chi connectivity index (χ1v) is 11.8. The van der Waals surface area contributed by atoms with Gasteiger partial charge in [-0.15, -0.1) is 5.10 Å². The molecule has 0 atom stereocenters. The van der Waals surface area contributed by atoms with Crippen LogP contribution in [0.4, 0.5) is 14.9 Å². The lowest BCUT2D eigenvalue weighted by Crippen LogP contribution is -2.41. The summed E-state index contributed by atoms with van der Waals surface area (Å²) < 4.78 is 33.7. The van der Waals surface area contributed by atoms with Gasteiger partial charge in [0.15, 0.2) is 17.2 Å². The Morgan fingerprint density at radius 3 is 2.57 bits per heavy atom. The smallest absolute Gasteiger partial charge is 0.407 e. The van der Waals surface area contributed by atoms with Crippen LogP contribution in [0.2, 0.25) is 0 Å². The van der Waals surface area contributed by atoms with Gasteiger partial charge in [-0.1, -0.05) is 12.1 Å². The molecule has 10 nitrogen and oxygen atoms in total. The van der Waals surface area contributed by atoms with E-state index < -0.39 is 11.9 Å². The summed E-state index contributed by atoms with van der Waals surface area (Å²) in [5, 5.41) is 14.4. The summed E-state index contributed by atoms with van der Waals surface area (Å²) in [5.74, 6) is 0.762. The molecule has 0 radical (unpaired) electrons. The number of nitrogens with two attached hydrogens (primary N) is 1. The molecule has 0 aliphatic carbocycles. The second-order valence-electron chi connectivity index (χ2n) is 8.70. The second kappa shape index (κ2) is 10.2. The largest absolute Gasteiger partial charge is 0.497 e. The standard InChI is InChI=1S/C26H26FN5O5/c1-35-18-5-2-16(3-6-18)15-32-24-23(25(30-32)36-19-9-12-31(13-10-19)26(33)34)22(8-11-29-24)37-21-7-4-17(28)14-20(21)27/h2-8,11,14,19H,9-10,12-13,15,28H2,1H3,(H,33,34). The van der Waals surface area contributed by atoms with E-state index in [2.05, 4.69) is 4.98 Å². The van der Waals surface area contributed by atoms with Crippen molar-refractivity contribution in [1.82, 2.24) is 19.7 Å². The van der Waals surface area contributed by atoms with Gasteiger partial charge in [0.25, 0.3) is 0 Å². The number of rotatable bonds is 7. The van der Waals surface area contributed by atoms with Crippen LogP contribution >= 0.6 is 0 Å². The fourth-order valence-electron chi connectivity index (χ4n) is 4.26. The summed E-state index contributed by atoms with van der Waals surface area (Å²) in [6, 6.07) is 13.4. The van der Waals surface area contributed by atoms with Gasteiger partial charge in [-0.2, -0.15) is 0 Å². The molecule has 1 aliphatic rings. The number of methoxy groups -OCH3 is 1. The predicted molar refractivity (Wildman–Crippen MR) is 134 cm³/mol. The number of benzene rings is 2. The maximum atomic E-state index is 14.5. The molecule has 1 fully saturated rings. The summed E-state index contributed by atoms with van der Waals surface area (Å²) in [6.07, 6.45) is 1.40. The van der Waals surface area contributed by atoms with Crippen molar-refractivity contribution in [2.45, 2.75) is 25.5 Å². The van der Waals surface area contributed by atoms with Crippen molar-refractivity contribution < 1.29 is 28.5 Å². The van der Waals surface area contributed by atoms with Crippen molar-refractivity contribution in [3.63, 3.8) is 0 Å². The third-order valence-corrected chi connectivity index (χ3v) is 6.22. The van der Waals surface area contributed by atoms with Crippen LogP contribution in [-0.2, 0) is 6.54 Å². The first-order valence-electron chi connectivity index (χ1n) is 11.8. The molecule has 3 heterocycles. The highest BCUT2D eigenvalue weighted by Gasteiger charge is 2.27. The number of hydrogen-bond donors (Lipinski definition) is 2. The number of halogens is 1. The number of piperidine rings is 1. The number of carbonyl (C=O) groups is 1. The molecule has 4 aromatic rings. The molecule has 0 spiro atoms. The Balaban J connectivity index is 1.50. The Bertz CT molecular complexity index is 1420. The molecule has 1 amide bonds.